The first kappa shape index (κ1) is 17.2. The van der Waals surface area contributed by atoms with Crippen molar-refractivity contribution in [2.75, 3.05) is 26.2 Å². The van der Waals surface area contributed by atoms with E-state index in [0.717, 1.165) is 44.7 Å². The molecule has 0 unspecified atom stereocenters. The van der Waals surface area contributed by atoms with Gasteiger partial charge in [-0.05, 0) is 43.2 Å². The Kier molecular flexibility index (Phi) is 5.47. The summed E-state index contributed by atoms with van der Waals surface area (Å²) in [7, 11) is 0. The minimum absolute atomic E-state index is 0.125. The third-order valence-corrected chi connectivity index (χ3v) is 4.66. The molecule has 2 aromatic carbocycles. The average Bonchev–Trinajstić information content (AvgIpc) is 2.88. The molecule has 0 radical (unpaired) electrons. The summed E-state index contributed by atoms with van der Waals surface area (Å²) in [5.74, 6) is 0.125. The van der Waals surface area contributed by atoms with Crippen LogP contribution in [0.15, 0.2) is 48.5 Å². The first-order valence-electron chi connectivity index (χ1n) is 8.73. The lowest BCUT2D eigenvalue weighted by Crippen LogP contribution is -2.35. The Morgan fingerprint density at radius 1 is 1.00 bits per heavy atom. The molecule has 3 rings (SSSR count). The number of nitrogens with zero attached hydrogens (tertiary/aromatic N) is 3. The van der Waals surface area contributed by atoms with Crippen molar-refractivity contribution >= 4 is 5.91 Å². The fourth-order valence-corrected chi connectivity index (χ4v) is 3.15. The molecule has 1 heterocycles. The Balaban J connectivity index is 1.59. The summed E-state index contributed by atoms with van der Waals surface area (Å²) >= 11 is 0. The van der Waals surface area contributed by atoms with E-state index in [4.69, 9.17) is 5.26 Å². The second-order valence-electron chi connectivity index (χ2n) is 6.60. The molecule has 1 aliphatic rings. The van der Waals surface area contributed by atoms with Gasteiger partial charge in [0.2, 0.25) is 0 Å². The van der Waals surface area contributed by atoms with E-state index in [-0.39, 0.29) is 5.91 Å². The van der Waals surface area contributed by atoms with Crippen LogP contribution < -0.4 is 0 Å². The first-order chi connectivity index (χ1) is 12.2. The molecule has 1 aliphatic heterocycles. The Morgan fingerprint density at radius 3 is 2.40 bits per heavy atom. The fourth-order valence-electron chi connectivity index (χ4n) is 3.15. The Bertz CT molecular complexity index is 759. The van der Waals surface area contributed by atoms with Crippen LogP contribution in [-0.2, 0) is 6.54 Å². The van der Waals surface area contributed by atoms with Crippen molar-refractivity contribution < 1.29 is 4.79 Å². The molecule has 4 heteroatoms. The van der Waals surface area contributed by atoms with E-state index in [1.165, 1.54) is 11.1 Å². The van der Waals surface area contributed by atoms with Gasteiger partial charge in [0.25, 0.3) is 5.91 Å². The third-order valence-electron chi connectivity index (χ3n) is 4.66. The zero-order chi connectivity index (χ0) is 17.6. The number of aryl methyl sites for hydroxylation is 1. The van der Waals surface area contributed by atoms with Crippen LogP contribution in [-0.4, -0.2) is 41.9 Å². The van der Waals surface area contributed by atoms with E-state index in [9.17, 15) is 4.79 Å². The number of hydrogen-bond donors (Lipinski definition) is 0. The number of rotatable bonds is 3. The topological polar surface area (TPSA) is 47.3 Å². The molecule has 0 bridgehead atoms. The van der Waals surface area contributed by atoms with Crippen molar-refractivity contribution in [1.29, 1.82) is 5.26 Å². The van der Waals surface area contributed by atoms with E-state index < -0.39 is 0 Å². The average molecular weight is 333 g/mol. The predicted molar refractivity (Wildman–Crippen MR) is 98.1 cm³/mol. The molecule has 25 heavy (non-hydrogen) atoms. The van der Waals surface area contributed by atoms with Gasteiger partial charge in [0.05, 0.1) is 11.6 Å². The van der Waals surface area contributed by atoms with Crippen LogP contribution in [0.4, 0.5) is 0 Å². The van der Waals surface area contributed by atoms with Gasteiger partial charge in [-0.3, -0.25) is 9.69 Å². The molecule has 0 atom stereocenters. The van der Waals surface area contributed by atoms with Crippen LogP contribution in [0, 0.1) is 18.3 Å². The van der Waals surface area contributed by atoms with E-state index in [2.05, 4.69) is 11.0 Å². The van der Waals surface area contributed by atoms with Crippen LogP contribution in [0.1, 0.15) is 33.5 Å². The van der Waals surface area contributed by atoms with Crippen LogP contribution in [0.2, 0.25) is 0 Å². The SMILES string of the molecule is Cc1ccc(C(=O)N2CCCN(Cc3ccc(C#N)cc3)CC2)cc1. The fraction of sp³-hybridized carbons (Fsp3) is 0.333. The molecule has 4 nitrogen and oxygen atoms in total. The van der Waals surface area contributed by atoms with E-state index >= 15 is 0 Å². The summed E-state index contributed by atoms with van der Waals surface area (Å²) in [6, 6.07) is 17.7. The summed E-state index contributed by atoms with van der Waals surface area (Å²) < 4.78 is 0. The van der Waals surface area contributed by atoms with Crippen LogP contribution in [0.25, 0.3) is 0 Å². The van der Waals surface area contributed by atoms with Crippen molar-refractivity contribution in [3.8, 4) is 6.07 Å². The maximum atomic E-state index is 12.7. The van der Waals surface area contributed by atoms with Gasteiger partial charge in [-0.2, -0.15) is 5.26 Å². The number of carbonyl (C=O) groups excluding carboxylic acids is 1. The summed E-state index contributed by atoms with van der Waals surface area (Å²) in [5, 5.41) is 8.88. The molecular formula is C21H23N3O. The predicted octanol–water partition coefficient (Wildman–Crippen LogP) is 3.21. The molecule has 0 aliphatic carbocycles. The largest absolute Gasteiger partial charge is 0.337 e. The molecule has 0 spiro atoms. The Labute approximate surface area is 149 Å². The maximum Gasteiger partial charge on any atom is 0.253 e. The van der Waals surface area contributed by atoms with Crippen molar-refractivity contribution in [3.05, 3.63) is 70.8 Å². The summed E-state index contributed by atoms with van der Waals surface area (Å²) in [5.41, 5.74) is 3.83. The van der Waals surface area contributed by atoms with E-state index in [1.807, 2.05) is 60.4 Å². The van der Waals surface area contributed by atoms with Gasteiger partial charge in [-0.15, -0.1) is 0 Å². The van der Waals surface area contributed by atoms with Gasteiger partial charge in [0.15, 0.2) is 0 Å². The summed E-state index contributed by atoms with van der Waals surface area (Å²) in [4.78, 5) is 17.0. The lowest BCUT2D eigenvalue weighted by Gasteiger charge is -2.22. The summed E-state index contributed by atoms with van der Waals surface area (Å²) in [6.07, 6.45) is 0.980. The standard InChI is InChI=1S/C21H23N3O/c1-17-3-9-20(10-4-17)21(25)24-12-2-11-23(13-14-24)16-19-7-5-18(15-22)6-8-19/h3-10H,2,11-14,16H2,1H3. The minimum atomic E-state index is 0.125. The smallest absolute Gasteiger partial charge is 0.253 e. The quantitative estimate of drug-likeness (QED) is 0.866. The maximum absolute atomic E-state index is 12.7. The van der Waals surface area contributed by atoms with Crippen molar-refractivity contribution in [2.24, 2.45) is 0 Å². The van der Waals surface area contributed by atoms with Gasteiger partial charge in [0, 0.05) is 38.3 Å². The monoisotopic (exact) mass is 333 g/mol. The zero-order valence-corrected chi connectivity index (χ0v) is 14.6. The Hall–Kier alpha value is -2.64. The van der Waals surface area contributed by atoms with E-state index in [0.29, 0.717) is 5.56 Å². The molecule has 1 amide bonds. The second kappa shape index (κ2) is 7.96. The van der Waals surface area contributed by atoms with Crippen LogP contribution in [0.3, 0.4) is 0 Å². The van der Waals surface area contributed by atoms with Gasteiger partial charge >= 0.3 is 0 Å². The third kappa shape index (κ3) is 4.46. The molecule has 1 fully saturated rings. The van der Waals surface area contributed by atoms with Crippen LogP contribution >= 0.6 is 0 Å². The van der Waals surface area contributed by atoms with Crippen molar-refractivity contribution in [3.63, 3.8) is 0 Å². The highest BCUT2D eigenvalue weighted by Crippen LogP contribution is 2.13. The Morgan fingerprint density at radius 2 is 1.72 bits per heavy atom. The second-order valence-corrected chi connectivity index (χ2v) is 6.60. The van der Waals surface area contributed by atoms with Gasteiger partial charge < -0.3 is 4.90 Å². The van der Waals surface area contributed by atoms with Crippen molar-refractivity contribution in [2.45, 2.75) is 19.9 Å². The number of carbonyl (C=O) groups is 1. The highest BCUT2D eigenvalue weighted by molar-refractivity contribution is 5.94. The van der Waals surface area contributed by atoms with Gasteiger partial charge in [-0.25, -0.2) is 0 Å². The first-order valence-corrected chi connectivity index (χ1v) is 8.73. The normalized spacial score (nSPS) is 15.4. The molecule has 128 valence electrons. The lowest BCUT2D eigenvalue weighted by molar-refractivity contribution is 0.0761. The highest BCUT2D eigenvalue weighted by atomic mass is 16.2. The van der Waals surface area contributed by atoms with E-state index in [1.54, 1.807) is 0 Å². The summed E-state index contributed by atoms with van der Waals surface area (Å²) in [6.45, 7) is 6.30. The number of amides is 1. The molecule has 0 saturated carbocycles. The highest BCUT2D eigenvalue weighted by Gasteiger charge is 2.20. The molecule has 0 aromatic heterocycles. The van der Waals surface area contributed by atoms with Crippen molar-refractivity contribution in [1.82, 2.24) is 9.80 Å². The number of nitriles is 1. The lowest BCUT2D eigenvalue weighted by atomic mass is 10.1. The number of benzene rings is 2. The molecule has 2 aromatic rings. The van der Waals surface area contributed by atoms with Crippen LogP contribution in [0.5, 0.6) is 0 Å². The molecule has 1 saturated heterocycles. The minimum Gasteiger partial charge on any atom is -0.337 e. The zero-order valence-electron chi connectivity index (χ0n) is 14.6. The molecule has 0 N–H and O–H groups in total. The number of hydrogen-bond acceptors (Lipinski definition) is 3. The van der Waals surface area contributed by atoms with Gasteiger partial charge in [0.1, 0.15) is 0 Å². The van der Waals surface area contributed by atoms with Gasteiger partial charge in [-0.1, -0.05) is 29.8 Å². The molecular weight excluding hydrogens is 310 g/mol.